The Morgan fingerprint density at radius 2 is 1.89 bits per heavy atom. The van der Waals surface area contributed by atoms with Gasteiger partial charge in [0.25, 0.3) is 0 Å². The van der Waals surface area contributed by atoms with Crippen LogP contribution in [0.25, 0.3) is 0 Å². The molecule has 0 unspecified atom stereocenters. The average molecular weight is 242 g/mol. The van der Waals surface area contributed by atoms with E-state index in [0.29, 0.717) is 11.8 Å². The third kappa shape index (κ3) is 1.56. The van der Waals surface area contributed by atoms with E-state index in [1.54, 1.807) is 5.57 Å². The van der Waals surface area contributed by atoms with Crippen molar-refractivity contribution in [3.63, 3.8) is 0 Å². The first-order chi connectivity index (χ1) is 8.86. The smallest absolute Gasteiger partial charge is 0.175 e. The van der Waals surface area contributed by atoms with Crippen LogP contribution in [0.3, 0.4) is 0 Å². The molecule has 0 N–H and O–H groups in total. The second-order valence-electron chi connectivity index (χ2n) is 5.66. The predicted octanol–water partition coefficient (Wildman–Crippen LogP) is 2.94. The summed E-state index contributed by atoms with van der Waals surface area (Å²) in [5, 5.41) is 0. The Hall–Kier alpha value is -1.12. The van der Waals surface area contributed by atoms with Gasteiger partial charge in [-0.1, -0.05) is 42.0 Å². The van der Waals surface area contributed by atoms with Crippen molar-refractivity contribution in [2.45, 2.75) is 25.0 Å². The van der Waals surface area contributed by atoms with Crippen molar-refractivity contribution >= 4 is 0 Å². The number of fused-ring (bicyclic) bond motifs is 3. The number of ether oxygens (including phenoxy) is 2. The van der Waals surface area contributed by atoms with Crippen molar-refractivity contribution < 1.29 is 9.47 Å². The minimum absolute atomic E-state index is 0.245. The first-order valence-electron chi connectivity index (χ1n) is 6.88. The largest absolute Gasteiger partial charge is 0.347 e. The summed E-state index contributed by atoms with van der Waals surface area (Å²) in [6.45, 7) is 1.54. The van der Waals surface area contributed by atoms with Crippen LogP contribution in [0.4, 0.5) is 0 Å². The molecule has 1 aliphatic heterocycles. The lowest BCUT2D eigenvalue weighted by Crippen LogP contribution is -2.35. The Balaban J connectivity index is 1.54. The molecule has 1 spiro atoms. The van der Waals surface area contributed by atoms with Crippen molar-refractivity contribution in [2.75, 3.05) is 13.2 Å². The molecule has 0 aromatic heterocycles. The fourth-order valence-electron chi connectivity index (χ4n) is 3.77. The maximum atomic E-state index is 5.87. The van der Waals surface area contributed by atoms with Gasteiger partial charge in [0.2, 0.25) is 0 Å². The minimum atomic E-state index is -0.245. The van der Waals surface area contributed by atoms with Crippen molar-refractivity contribution in [1.82, 2.24) is 0 Å². The number of benzene rings is 1. The van der Waals surface area contributed by atoms with Crippen LogP contribution >= 0.6 is 0 Å². The third-order valence-electron chi connectivity index (χ3n) is 4.60. The zero-order valence-electron chi connectivity index (χ0n) is 10.5. The Labute approximate surface area is 108 Å². The van der Waals surface area contributed by atoms with Crippen LogP contribution in [0.2, 0.25) is 0 Å². The van der Waals surface area contributed by atoms with Gasteiger partial charge in [0.1, 0.15) is 0 Å². The van der Waals surface area contributed by atoms with Crippen LogP contribution in [0.15, 0.2) is 42.0 Å². The molecular formula is C16H18O2. The molecule has 2 aliphatic carbocycles. The van der Waals surface area contributed by atoms with Crippen molar-refractivity contribution in [3.8, 4) is 0 Å². The van der Waals surface area contributed by atoms with Gasteiger partial charge in [-0.15, -0.1) is 0 Å². The second-order valence-corrected chi connectivity index (χ2v) is 5.66. The highest BCUT2D eigenvalue weighted by atomic mass is 16.7. The Kier molecular flexibility index (Phi) is 2.36. The van der Waals surface area contributed by atoms with Gasteiger partial charge in [0.05, 0.1) is 13.2 Å². The molecule has 0 radical (unpaired) electrons. The fourth-order valence-corrected chi connectivity index (χ4v) is 3.77. The summed E-state index contributed by atoms with van der Waals surface area (Å²) < 4.78 is 11.7. The van der Waals surface area contributed by atoms with Gasteiger partial charge in [0.15, 0.2) is 5.79 Å². The standard InChI is InChI=1S/C16H18O2/c1-2-4-12(5-3-1)8-13-9-15-10-14(13)11-16(15)17-6-7-18-16/h1-5,9,14-15H,6-8,10-11H2/t14-,15+/m1/s1. The fraction of sp³-hybridized carbons (Fsp3) is 0.500. The van der Waals surface area contributed by atoms with E-state index in [2.05, 4.69) is 36.4 Å². The van der Waals surface area contributed by atoms with E-state index in [4.69, 9.17) is 9.47 Å². The van der Waals surface area contributed by atoms with Crippen molar-refractivity contribution in [1.29, 1.82) is 0 Å². The van der Waals surface area contributed by atoms with Crippen LogP contribution in [0.5, 0.6) is 0 Å². The van der Waals surface area contributed by atoms with E-state index in [9.17, 15) is 0 Å². The molecule has 1 aromatic carbocycles. The molecule has 1 heterocycles. The topological polar surface area (TPSA) is 18.5 Å². The minimum Gasteiger partial charge on any atom is -0.347 e. The van der Waals surface area contributed by atoms with Gasteiger partial charge in [-0.2, -0.15) is 0 Å². The normalized spacial score (nSPS) is 32.1. The van der Waals surface area contributed by atoms with E-state index in [0.717, 1.165) is 26.1 Å². The number of allylic oxidation sites excluding steroid dienone is 1. The first kappa shape index (κ1) is 10.8. The Bertz CT molecular complexity index is 471. The summed E-state index contributed by atoms with van der Waals surface area (Å²) in [5.74, 6) is 0.919. The summed E-state index contributed by atoms with van der Waals surface area (Å²) in [5.41, 5.74) is 3.01. The highest BCUT2D eigenvalue weighted by Crippen LogP contribution is 2.54. The summed E-state index contributed by atoms with van der Waals surface area (Å²) in [7, 11) is 0. The molecule has 2 nitrogen and oxygen atoms in total. The first-order valence-corrected chi connectivity index (χ1v) is 6.88. The average Bonchev–Trinajstić information content (AvgIpc) is 3.08. The van der Waals surface area contributed by atoms with E-state index in [1.807, 2.05) is 0 Å². The summed E-state index contributed by atoms with van der Waals surface area (Å²) in [6, 6.07) is 10.7. The zero-order valence-corrected chi connectivity index (χ0v) is 10.5. The molecule has 1 saturated heterocycles. The Morgan fingerprint density at radius 1 is 1.11 bits per heavy atom. The monoisotopic (exact) mass is 242 g/mol. The molecule has 2 heteroatoms. The summed E-state index contributed by atoms with van der Waals surface area (Å²) >= 11 is 0. The van der Waals surface area contributed by atoms with Gasteiger partial charge in [-0.05, 0) is 24.3 Å². The molecule has 2 bridgehead atoms. The zero-order chi connectivity index (χ0) is 12.0. The molecule has 3 aliphatic rings. The van der Waals surface area contributed by atoms with Crippen LogP contribution in [-0.2, 0) is 15.9 Å². The highest BCUT2D eigenvalue weighted by Gasteiger charge is 2.54. The molecule has 1 saturated carbocycles. The van der Waals surface area contributed by atoms with Gasteiger partial charge >= 0.3 is 0 Å². The van der Waals surface area contributed by atoms with E-state index in [1.165, 1.54) is 12.0 Å². The molecule has 94 valence electrons. The number of rotatable bonds is 2. The maximum Gasteiger partial charge on any atom is 0.175 e. The van der Waals surface area contributed by atoms with Crippen LogP contribution in [0.1, 0.15) is 18.4 Å². The van der Waals surface area contributed by atoms with E-state index >= 15 is 0 Å². The maximum absolute atomic E-state index is 5.87. The van der Waals surface area contributed by atoms with E-state index < -0.39 is 0 Å². The van der Waals surface area contributed by atoms with Crippen LogP contribution < -0.4 is 0 Å². The third-order valence-corrected chi connectivity index (χ3v) is 4.60. The molecule has 1 aromatic rings. The molecule has 2 fully saturated rings. The lowest BCUT2D eigenvalue weighted by atomic mass is 9.90. The second kappa shape index (κ2) is 3.94. The molecule has 18 heavy (non-hydrogen) atoms. The van der Waals surface area contributed by atoms with E-state index in [-0.39, 0.29) is 5.79 Å². The number of hydrogen-bond acceptors (Lipinski definition) is 2. The lowest BCUT2D eigenvalue weighted by Gasteiger charge is -2.30. The van der Waals surface area contributed by atoms with Crippen molar-refractivity contribution in [2.24, 2.45) is 11.8 Å². The van der Waals surface area contributed by atoms with Gasteiger partial charge in [0, 0.05) is 12.3 Å². The molecule has 2 atom stereocenters. The number of hydrogen-bond donors (Lipinski definition) is 0. The summed E-state index contributed by atoms with van der Waals surface area (Å²) in [4.78, 5) is 0. The molecule has 4 rings (SSSR count). The van der Waals surface area contributed by atoms with Gasteiger partial charge in [-0.25, -0.2) is 0 Å². The quantitative estimate of drug-likeness (QED) is 0.742. The molecular weight excluding hydrogens is 224 g/mol. The Morgan fingerprint density at radius 3 is 2.56 bits per heavy atom. The van der Waals surface area contributed by atoms with Crippen molar-refractivity contribution in [3.05, 3.63) is 47.5 Å². The van der Waals surface area contributed by atoms with Crippen LogP contribution in [-0.4, -0.2) is 19.0 Å². The highest BCUT2D eigenvalue weighted by molar-refractivity contribution is 5.30. The summed E-state index contributed by atoms with van der Waals surface area (Å²) in [6.07, 6.45) is 5.81. The predicted molar refractivity (Wildman–Crippen MR) is 69.1 cm³/mol. The molecule has 0 amide bonds. The lowest BCUT2D eigenvalue weighted by molar-refractivity contribution is -0.174. The van der Waals surface area contributed by atoms with Gasteiger partial charge < -0.3 is 9.47 Å². The SMILES string of the molecule is C1=C(Cc2ccccc2)[C@@H]2C[C@H]1C1(C2)OCCO1. The van der Waals surface area contributed by atoms with Gasteiger partial charge in [-0.3, -0.25) is 0 Å². The van der Waals surface area contributed by atoms with Crippen LogP contribution in [0, 0.1) is 11.8 Å².